The fraction of sp³-hybridized carbons (Fsp3) is 0.320. The minimum atomic E-state index is -4.79. The molecule has 1 amide bonds. The van der Waals surface area contributed by atoms with E-state index in [1.807, 2.05) is 0 Å². The number of benzene rings is 2. The van der Waals surface area contributed by atoms with Crippen molar-refractivity contribution in [3.8, 4) is 6.07 Å². The van der Waals surface area contributed by atoms with Gasteiger partial charge < -0.3 is 4.90 Å². The zero-order valence-corrected chi connectivity index (χ0v) is 20.2. The van der Waals surface area contributed by atoms with Crippen molar-refractivity contribution in [1.82, 2.24) is 9.55 Å². The highest BCUT2D eigenvalue weighted by molar-refractivity contribution is 7.81. The first-order valence-corrected chi connectivity index (χ1v) is 11.6. The van der Waals surface area contributed by atoms with E-state index >= 15 is 0 Å². The van der Waals surface area contributed by atoms with Crippen molar-refractivity contribution >= 4 is 45.5 Å². The molecule has 2 aromatic carbocycles. The van der Waals surface area contributed by atoms with Crippen LogP contribution in [0.5, 0.6) is 0 Å². The van der Waals surface area contributed by atoms with Gasteiger partial charge >= 0.3 is 6.18 Å². The molecule has 1 aliphatic heterocycles. The third kappa shape index (κ3) is 3.82. The second kappa shape index (κ2) is 8.13. The van der Waals surface area contributed by atoms with Crippen LogP contribution in [0.25, 0.3) is 10.9 Å². The van der Waals surface area contributed by atoms with E-state index in [1.165, 1.54) is 23.4 Å². The molecule has 2 heterocycles. The lowest BCUT2D eigenvalue weighted by molar-refractivity contribution is -0.137. The minimum absolute atomic E-state index is 0.0376. The summed E-state index contributed by atoms with van der Waals surface area (Å²) < 4.78 is 42.2. The van der Waals surface area contributed by atoms with E-state index in [1.54, 1.807) is 36.6 Å². The lowest BCUT2D eigenvalue weighted by Gasteiger charge is -2.29. The Morgan fingerprint density at radius 1 is 1.14 bits per heavy atom. The number of aromatic nitrogens is 2. The molecule has 5 rings (SSSR count). The van der Waals surface area contributed by atoms with Crippen LogP contribution in [-0.2, 0) is 17.5 Å². The summed E-state index contributed by atoms with van der Waals surface area (Å²) in [5.74, 6) is -0.0711. The van der Waals surface area contributed by atoms with Crippen LogP contribution in [0.4, 0.5) is 24.5 Å². The molecular weight excluding hydrogens is 491 g/mol. The van der Waals surface area contributed by atoms with Crippen LogP contribution in [0.1, 0.15) is 37.8 Å². The number of nitriles is 1. The van der Waals surface area contributed by atoms with Crippen molar-refractivity contribution in [2.24, 2.45) is 5.92 Å². The molecule has 2 aliphatic rings. The largest absolute Gasteiger partial charge is 0.417 e. The highest BCUT2D eigenvalue weighted by Gasteiger charge is 2.50. The summed E-state index contributed by atoms with van der Waals surface area (Å²) in [6, 6.07) is 9.51. The summed E-state index contributed by atoms with van der Waals surface area (Å²) in [5.41, 5.74) is -2.33. The standard InChI is InChI=1S/C25H20F3N5O2S/c1-24(2)22(35)32(16-6-5-15(11-29)19(10-16)25(26,27)28)23(36)33(24)17-7-8-20-18(9-17)21(34)31(13-30-20)12-14-3-4-14/h5-10,13-14H,3-4,12H2,1-2H3. The van der Waals surface area contributed by atoms with Crippen LogP contribution >= 0.6 is 12.2 Å². The van der Waals surface area contributed by atoms with Crippen molar-refractivity contribution in [3.05, 3.63) is 64.2 Å². The maximum atomic E-state index is 13.6. The molecule has 1 saturated heterocycles. The maximum absolute atomic E-state index is 13.6. The molecule has 0 radical (unpaired) electrons. The monoisotopic (exact) mass is 511 g/mol. The molecule has 1 saturated carbocycles. The number of rotatable bonds is 4. The predicted octanol–water partition coefficient (Wildman–Crippen LogP) is 4.61. The third-order valence-electron chi connectivity index (χ3n) is 6.57. The number of halogens is 3. The normalized spacial score (nSPS) is 17.7. The highest BCUT2D eigenvalue weighted by Crippen LogP contribution is 2.40. The molecule has 0 bridgehead atoms. The number of thiocarbonyl (C=S) groups is 1. The Morgan fingerprint density at radius 3 is 2.47 bits per heavy atom. The Morgan fingerprint density at radius 2 is 1.83 bits per heavy atom. The molecule has 3 aromatic rings. The first-order valence-electron chi connectivity index (χ1n) is 11.2. The molecule has 0 spiro atoms. The van der Waals surface area contributed by atoms with Gasteiger partial charge in [0.2, 0.25) is 0 Å². The summed E-state index contributed by atoms with van der Waals surface area (Å²) >= 11 is 5.58. The van der Waals surface area contributed by atoms with Gasteiger partial charge in [-0.2, -0.15) is 18.4 Å². The number of fused-ring (bicyclic) bond motifs is 1. The Bertz CT molecular complexity index is 1540. The van der Waals surface area contributed by atoms with Gasteiger partial charge in [0.1, 0.15) is 5.54 Å². The Kier molecular flexibility index (Phi) is 5.41. The maximum Gasteiger partial charge on any atom is 0.417 e. The molecule has 1 aliphatic carbocycles. The number of amides is 1. The Labute approximate surface area is 209 Å². The first kappa shape index (κ1) is 23.9. The molecule has 1 aromatic heterocycles. The molecule has 11 heteroatoms. The predicted molar refractivity (Wildman–Crippen MR) is 132 cm³/mol. The molecular formula is C25H20F3N5O2S. The van der Waals surface area contributed by atoms with Crippen molar-refractivity contribution in [1.29, 1.82) is 5.26 Å². The highest BCUT2D eigenvalue weighted by atomic mass is 32.1. The lowest BCUT2D eigenvalue weighted by atomic mass is 10.0. The average molecular weight is 512 g/mol. The van der Waals surface area contributed by atoms with E-state index < -0.39 is 28.7 Å². The molecule has 0 atom stereocenters. The van der Waals surface area contributed by atoms with E-state index in [0.717, 1.165) is 29.9 Å². The number of hydrogen-bond donors (Lipinski definition) is 0. The van der Waals surface area contributed by atoms with E-state index in [9.17, 15) is 22.8 Å². The van der Waals surface area contributed by atoms with Crippen LogP contribution in [0.3, 0.4) is 0 Å². The van der Waals surface area contributed by atoms with Crippen LogP contribution in [0.15, 0.2) is 47.5 Å². The van der Waals surface area contributed by atoms with Crippen LogP contribution in [0, 0.1) is 17.2 Å². The van der Waals surface area contributed by atoms with Crippen molar-refractivity contribution in [3.63, 3.8) is 0 Å². The fourth-order valence-corrected chi connectivity index (χ4v) is 4.98. The van der Waals surface area contributed by atoms with Crippen molar-refractivity contribution in [2.75, 3.05) is 9.80 Å². The van der Waals surface area contributed by atoms with Gasteiger partial charge in [0.05, 0.1) is 40.1 Å². The molecule has 0 N–H and O–H groups in total. The van der Waals surface area contributed by atoms with Gasteiger partial charge in [0, 0.05) is 12.2 Å². The van der Waals surface area contributed by atoms with Gasteiger partial charge in [0.15, 0.2) is 5.11 Å². The fourth-order valence-electron chi connectivity index (χ4n) is 4.45. The minimum Gasteiger partial charge on any atom is -0.304 e. The summed E-state index contributed by atoms with van der Waals surface area (Å²) in [6.07, 6.45) is -1.11. The Balaban J connectivity index is 1.58. The number of hydrogen-bond acceptors (Lipinski definition) is 5. The van der Waals surface area contributed by atoms with Gasteiger partial charge in [-0.1, -0.05) is 0 Å². The topological polar surface area (TPSA) is 82.2 Å². The smallest absolute Gasteiger partial charge is 0.304 e. The van der Waals surface area contributed by atoms with E-state index in [-0.39, 0.29) is 16.4 Å². The Hall–Kier alpha value is -3.78. The number of carbonyl (C=O) groups is 1. The summed E-state index contributed by atoms with van der Waals surface area (Å²) in [4.78, 5) is 33.5. The van der Waals surface area contributed by atoms with E-state index in [2.05, 4.69) is 4.98 Å². The number of carbonyl (C=O) groups excluding carboxylic acids is 1. The average Bonchev–Trinajstić information content (AvgIpc) is 3.62. The molecule has 184 valence electrons. The van der Waals surface area contributed by atoms with Gasteiger partial charge in [-0.3, -0.25) is 19.1 Å². The van der Waals surface area contributed by atoms with Gasteiger partial charge in [-0.05, 0) is 81.2 Å². The number of nitrogens with zero attached hydrogens (tertiary/aromatic N) is 5. The van der Waals surface area contributed by atoms with Crippen LogP contribution in [-0.4, -0.2) is 26.1 Å². The van der Waals surface area contributed by atoms with E-state index in [0.29, 0.717) is 29.1 Å². The second-order valence-corrected chi connectivity index (χ2v) is 9.87. The molecule has 7 nitrogen and oxygen atoms in total. The van der Waals surface area contributed by atoms with Crippen molar-refractivity contribution in [2.45, 2.75) is 44.9 Å². The number of anilines is 2. The summed E-state index contributed by atoms with van der Waals surface area (Å²) in [7, 11) is 0. The van der Waals surface area contributed by atoms with Gasteiger partial charge in [-0.25, -0.2) is 4.98 Å². The third-order valence-corrected chi connectivity index (χ3v) is 6.94. The van der Waals surface area contributed by atoms with Gasteiger partial charge in [-0.15, -0.1) is 0 Å². The summed E-state index contributed by atoms with van der Waals surface area (Å²) in [6.45, 7) is 3.80. The van der Waals surface area contributed by atoms with Crippen LogP contribution in [0.2, 0.25) is 0 Å². The molecule has 0 unspecified atom stereocenters. The quantitative estimate of drug-likeness (QED) is 0.476. The molecule has 36 heavy (non-hydrogen) atoms. The van der Waals surface area contributed by atoms with Crippen LogP contribution < -0.4 is 15.4 Å². The number of alkyl halides is 3. The second-order valence-electron chi connectivity index (χ2n) is 9.50. The van der Waals surface area contributed by atoms with E-state index in [4.69, 9.17) is 17.5 Å². The summed E-state index contributed by atoms with van der Waals surface area (Å²) in [5, 5.41) is 9.42. The lowest BCUT2D eigenvalue weighted by Crippen LogP contribution is -2.44. The zero-order valence-electron chi connectivity index (χ0n) is 19.3. The zero-order chi connectivity index (χ0) is 26.0. The SMILES string of the molecule is CC1(C)C(=O)N(c2ccc(C#N)c(C(F)(F)F)c2)C(=S)N1c1ccc2ncn(CC3CC3)c(=O)c2c1. The first-order chi connectivity index (χ1) is 16.9. The molecule has 2 fully saturated rings. The van der Waals surface area contributed by atoms with Gasteiger partial charge in [0.25, 0.3) is 11.5 Å². The van der Waals surface area contributed by atoms with Crippen molar-refractivity contribution < 1.29 is 18.0 Å².